The van der Waals surface area contributed by atoms with Crippen LogP contribution >= 0.6 is 0 Å². The van der Waals surface area contributed by atoms with Gasteiger partial charge in [-0.15, -0.1) is 0 Å². The quantitative estimate of drug-likeness (QED) is 0.564. The van der Waals surface area contributed by atoms with E-state index in [9.17, 15) is 4.79 Å². The Hall–Kier alpha value is -1.71. The van der Waals surface area contributed by atoms with Crippen molar-refractivity contribution in [2.75, 3.05) is 13.7 Å². The summed E-state index contributed by atoms with van der Waals surface area (Å²) >= 11 is 0. The Balaban J connectivity index is 1.88. The normalized spacial score (nSPS) is 15.6. The minimum Gasteiger partial charge on any atom is -0.493 e. The highest BCUT2D eigenvalue weighted by Gasteiger charge is 2.19. The fourth-order valence-corrected chi connectivity index (χ4v) is 3.14. The lowest BCUT2D eigenvalue weighted by atomic mass is 9.99. The van der Waals surface area contributed by atoms with Crippen molar-refractivity contribution in [3.8, 4) is 11.5 Å². The number of ether oxygens (including phenoxy) is 2. The van der Waals surface area contributed by atoms with Gasteiger partial charge < -0.3 is 14.8 Å². The zero-order valence-corrected chi connectivity index (χ0v) is 15.1. The fraction of sp³-hybridized carbons (Fsp3) is 0.650. The molecule has 1 aromatic carbocycles. The standard InChI is InChI=1S/C20H31NO3/c1-3-4-13-24-18-12-11-16(14-19(18)23-2)15-21-20(22)17-9-7-5-6-8-10-17/h11-12,14,17H,3-10,13,15H2,1-2H3,(H,21,22). The zero-order chi connectivity index (χ0) is 17.2. The number of nitrogens with one attached hydrogen (secondary N) is 1. The van der Waals surface area contributed by atoms with Crippen LogP contribution < -0.4 is 14.8 Å². The largest absolute Gasteiger partial charge is 0.493 e. The second-order valence-electron chi connectivity index (χ2n) is 6.59. The van der Waals surface area contributed by atoms with E-state index in [1.165, 1.54) is 25.7 Å². The highest BCUT2D eigenvalue weighted by atomic mass is 16.5. The predicted octanol–water partition coefficient (Wildman–Crippen LogP) is 4.46. The van der Waals surface area contributed by atoms with Gasteiger partial charge in [-0.2, -0.15) is 0 Å². The van der Waals surface area contributed by atoms with E-state index in [1.807, 2.05) is 18.2 Å². The Labute approximate surface area is 145 Å². The maximum Gasteiger partial charge on any atom is 0.223 e. The van der Waals surface area contributed by atoms with Crippen LogP contribution in [0.4, 0.5) is 0 Å². The third-order valence-electron chi connectivity index (χ3n) is 4.68. The van der Waals surface area contributed by atoms with Crippen LogP contribution in [0.25, 0.3) is 0 Å². The number of hydrogen-bond acceptors (Lipinski definition) is 3. The molecule has 0 saturated heterocycles. The molecule has 1 aliphatic carbocycles. The zero-order valence-electron chi connectivity index (χ0n) is 15.1. The van der Waals surface area contributed by atoms with Gasteiger partial charge in [-0.05, 0) is 37.0 Å². The van der Waals surface area contributed by atoms with E-state index >= 15 is 0 Å². The number of benzene rings is 1. The van der Waals surface area contributed by atoms with Gasteiger partial charge in [-0.1, -0.05) is 45.1 Å². The van der Waals surface area contributed by atoms with Crippen LogP contribution in [0.3, 0.4) is 0 Å². The Morgan fingerprint density at radius 1 is 1.17 bits per heavy atom. The monoisotopic (exact) mass is 333 g/mol. The van der Waals surface area contributed by atoms with Crippen molar-refractivity contribution in [2.45, 2.75) is 64.8 Å². The van der Waals surface area contributed by atoms with Gasteiger partial charge in [0.1, 0.15) is 0 Å². The molecule has 0 unspecified atom stereocenters. The number of carbonyl (C=O) groups is 1. The Kier molecular flexibility index (Phi) is 7.93. The number of methoxy groups -OCH3 is 1. The van der Waals surface area contributed by atoms with Crippen molar-refractivity contribution in [1.82, 2.24) is 5.32 Å². The van der Waals surface area contributed by atoms with Gasteiger partial charge in [0.25, 0.3) is 0 Å². The number of unbranched alkanes of at least 4 members (excludes halogenated alkanes) is 1. The summed E-state index contributed by atoms with van der Waals surface area (Å²) in [5.74, 6) is 1.88. The summed E-state index contributed by atoms with van der Waals surface area (Å²) in [5.41, 5.74) is 1.04. The summed E-state index contributed by atoms with van der Waals surface area (Å²) in [7, 11) is 1.65. The summed E-state index contributed by atoms with van der Waals surface area (Å²) < 4.78 is 11.2. The van der Waals surface area contributed by atoms with E-state index in [0.29, 0.717) is 13.2 Å². The summed E-state index contributed by atoms with van der Waals surface area (Å²) in [4.78, 5) is 12.4. The topological polar surface area (TPSA) is 47.6 Å². The van der Waals surface area contributed by atoms with E-state index < -0.39 is 0 Å². The molecule has 134 valence electrons. The molecule has 0 atom stereocenters. The van der Waals surface area contributed by atoms with Gasteiger partial charge in [-0.25, -0.2) is 0 Å². The summed E-state index contributed by atoms with van der Waals surface area (Å²) in [6, 6.07) is 5.88. The van der Waals surface area contributed by atoms with Gasteiger partial charge in [0.05, 0.1) is 13.7 Å². The SMILES string of the molecule is CCCCOc1ccc(CNC(=O)C2CCCCCC2)cc1OC. The molecular formula is C20H31NO3. The first-order valence-corrected chi connectivity index (χ1v) is 9.32. The van der Waals surface area contributed by atoms with Crippen LogP contribution in [0.15, 0.2) is 18.2 Å². The third kappa shape index (κ3) is 5.73. The average molecular weight is 333 g/mol. The minimum absolute atomic E-state index is 0.186. The Morgan fingerprint density at radius 2 is 1.92 bits per heavy atom. The van der Waals surface area contributed by atoms with Crippen LogP contribution in [0.2, 0.25) is 0 Å². The molecule has 4 nitrogen and oxygen atoms in total. The molecule has 1 aromatic rings. The molecule has 24 heavy (non-hydrogen) atoms. The van der Waals surface area contributed by atoms with E-state index in [1.54, 1.807) is 7.11 Å². The molecular weight excluding hydrogens is 302 g/mol. The lowest BCUT2D eigenvalue weighted by molar-refractivity contribution is -0.125. The molecule has 0 aromatic heterocycles. The second-order valence-corrected chi connectivity index (χ2v) is 6.59. The number of carbonyl (C=O) groups excluding carboxylic acids is 1. The fourth-order valence-electron chi connectivity index (χ4n) is 3.14. The molecule has 0 radical (unpaired) electrons. The summed E-state index contributed by atoms with van der Waals surface area (Å²) in [6.07, 6.45) is 9.07. The first-order valence-electron chi connectivity index (χ1n) is 9.32. The molecule has 1 N–H and O–H groups in total. The molecule has 0 aliphatic heterocycles. The lowest BCUT2D eigenvalue weighted by Gasteiger charge is -2.15. The summed E-state index contributed by atoms with van der Waals surface area (Å²) in [6.45, 7) is 3.38. The molecule has 0 bridgehead atoms. The van der Waals surface area contributed by atoms with Gasteiger partial charge in [0.15, 0.2) is 11.5 Å². The van der Waals surface area contributed by atoms with Crippen LogP contribution in [-0.4, -0.2) is 19.6 Å². The van der Waals surface area contributed by atoms with E-state index in [4.69, 9.17) is 9.47 Å². The first-order chi connectivity index (χ1) is 11.7. The lowest BCUT2D eigenvalue weighted by Crippen LogP contribution is -2.30. The number of rotatable bonds is 8. The molecule has 2 rings (SSSR count). The second kappa shape index (κ2) is 10.2. The van der Waals surface area contributed by atoms with Gasteiger partial charge in [0.2, 0.25) is 5.91 Å². The minimum atomic E-state index is 0.186. The highest BCUT2D eigenvalue weighted by Crippen LogP contribution is 2.28. The maximum atomic E-state index is 12.4. The molecule has 4 heteroatoms. The van der Waals surface area contributed by atoms with Gasteiger partial charge in [-0.3, -0.25) is 4.79 Å². The Morgan fingerprint density at radius 3 is 2.58 bits per heavy atom. The molecule has 0 heterocycles. The van der Waals surface area contributed by atoms with Crippen LogP contribution in [-0.2, 0) is 11.3 Å². The van der Waals surface area contributed by atoms with Crippen molar-refractivity contribution in [3.05, 3.63) is 23.8 Å². The molecule has 1 saturated carbocycles. The number of amides is 1. The van der Waals surface area contributed by atoms with Crippen molar-refractivity contribution < 1.29 is 14.3 Å². The maximum absolute atomic E-state index is 12.4. The van der Waals surface area contributed by atoms with Crippen molar-refractivity contribution in [1.29, 1.82) is 0 Å². The van der Waals surface area contributed by atoms with Crippen molar-refractivity contribution in [2.24, 2.45) is 5.92 Å². The van der Waals surface area contributed by atoms with Crippen molar-refractivity contribution >= 4 is 5.91 Å². The highest BCUT2D eigenvalue weighted by molar-refractivity contribution is 5.78. The van der Waals surface area contributed by atoms with Crippen molar-refractivity contribution in [3.63, 3.8) is 0 Å². The van der Waals surface area contributed by atoms with Gasteiger partial charge in [0, 0.05) is 12.5 Å². The van der Waals surface area contributed by atoms with Crippen LogP contribution in [0.1, 0.15) is 63.9 Å². The van der Waals surface area contributed by atoms with Crippen LogP contribution in [0, 0.1) is 5.92 Å². The number of hydrogen-bond donors (Lipinski definition) is 1. The first kappa shape index (κ1) is 18.6. The summed E-state index contributed by atoms with van der Waals surface area (Å²) in [5, 5.41) is 3.08. The molecule has 1 aliphatic rings. The van der Waals surface area contributed by atoms with E-state index in [2.05, 4.69) is 12.2 Å². The molecule has 1 fully saturated rings. The third-order valence-corrected chi connectivity index (χ3v) is 4.68. The molecule has 0 spiro atoms. The smallest absolute Gasteiger partial charge is 0.223 e. The average Bonchev–Trinajstić information content (AvgIpc) is 2.90. The molecule has 1 amide bonds. The predicted molar refractivity (Wildman–Crippen MR) is 96.4 cm³/mol. The Bertz CT molecular complexity index is 508. The van der Waals surface area contributed by atoms with Gasteiger partial charge >= 0.3 is 0 Å². The van der Waals surface area contributed by atoms with E-state index in [0.717, 1.165) is 42.7 Å². The van der Waals surface area contributed by atoms with Crippen LogP contribution in [0.5, 0.6) is 11.5 Å². The van der Waals surface area contributed by atoms with E-state index in [-0.39, 0.29) is 11.8 Å².